The fourth-order valence-corrected chi connectivity index (χ4v) is 3.04. The molecular weight excluding hydrogens is 348 g/mol. The van der Waals surface area contributed by atoms with Gasteiger partial charge >= 0.3 is 5.97 Å². The number of aliphatic hydroxyl groups excluding tert-OH is 4. The zero-order valence-corrected chi connectivity index (χ0v) is 17.0. The lowest BCUT2D eigenvalue weighted by atomic mass is 10.0. The van der Waals surface area contributed by atoms with Crippen LogP contribution in [0.3, 0.4) is 0 Å². The fraction of sp³-hybridized carbons (Fsp3) is 0.952. The van der Waals surface area contributed by atoms with Gasteiger partial charge < -0.3 is 25.2 Å². The Morgan fingerprint density at radius 1 is 0.630 bits per heavy atom. The Morgan fingerprint density at radius 2 is 1.00 bits per heavy atom. The molecular formula is C21H42O6. The summed E-state index contributed by atoms with van der Waals surface area (Å²) in [6, 6.07) is 0. The first kappa shape index (κ1) is 26.3. The van der Waals surface area contributed by atoms with Crippen LogP contribution in [0.1, 0.15) is 103 Å². The van der Waals surface area contributed by atoms with E-state index >= 15 is 0 Å². The molecule has 0 saturated heterocycles. The van der Waals surface area contributed by atoms with Crippen LogP contribution in [0.4, 0.5) is 0 Å². The van der Waals surface area contributed by atoms with E-state index in [9.17, 15) is 9.90 Å². The number of hydrogen-bond acceptors (Lipinski definition) is 6. The first-order valence-electron chi connectivity index (χ1n) is 10.9. The molecule has 0 rings (SSSR count). The summed E-state index contributed by atoms with van der Waals surface area (Å²) in [4.78, 5) is 11.4. The molecule has 2 atom stereocenters. The van der Waals surface area contributed by atoms with Crippen LogP contribution in [0, 0.1) is 0 Å². The Kier molecular flexibility index (Phi) is 19.5. The van der Waals surface area contributed by atoms with E-state index in [1.54, 1.807) is 0 Å². The van der Waals surface area contributed by atoms with Gasteiger partial charge in [0.15, 0.2) is 0 Å². The predicted octanol–water partition coefficient (Wildman–Crippen LogP) is 3.44. The number of carbonyl (C=O) groups excluding carboxylic acids is 1. The molecule has 0 aromatic heterocycles. The first-order chi connectivity index (χ1) is 13.1. The van der Waals surface area contributed by atoms with Crippen molar-refractivity contribution in [2.45, 2.75) is 115 Å². The lowest BCUT2D eigenvalue weighted by Gasteiger charge is -2.15. The average Bonchev–Trinajstić information content (AvgIpc) is 2.66. The third-order valence-electron chi connectivity index (χ3n) is 4.81. The van der Waals surface area contributed by atoms with Gasteiger partial charge in [0, 0.05) is 13.0 Å². The normalized spacial score (nSPS) is 13.5. The molecule has 0 fully saturated rings. The van der Waals surface area contributed by atoms with Gasteiger partial charge in [0.05, 0.1) is 6.61 Å². The van der Waals surface area contributed by atoms with Gasteiger partial charge in [-0.25, -0.2) is 0 Å². The first-order valence-corrected chi connectivity index (χ1v) is 10.9. The largest absolute Gasteiger partial charge is 0.433 e. The number of esters is 1. The quantitative estimate of drug-likeness (QED) is 0.144. The van der Waals surface area contributed by atoms with Gasteiger partial charge in [-0.1, -0.05) is 83.5 Å². The molecule has 27 heavy (non-hydrogen) atoms. The molecule has 6 heteroatoms. The van der Waals surface area contributed by atoms with E-state index in [1.807, 2.05) is 0 Å². The van der Waals surface area contributed by atoms with E-state index < -0.39 is 25.0 Å². The number of aliphatic hydroxyl groups is 4. The van der Waals surface area contributed by atoms with Gasteiger partial charge in [-0.2, -0.15) is 0 Å². The van der Waals surface area contributed by atoms with Crippen molar-refractivity contribution in [3.05, 3.63) is 0 Å². The second-order valence-electron chi connectivity index (χ2n) is 7.41. The lowest BCUT2D eigenvalue weighted by Crippen LogP contribution is -2.33. The molecule has 4 N–H and O–H groups in total. The summed E-state index contributed by atoms with van der Waals surface area (Å²) in [5, 5.41) is 35.7. The summed E-state index contributed by atoms with van der Waals surface area (Å²) in [7, 11) is 0. The monoisotopic (exact) mass is 390 g/mol. The van der Waals surface area contributed by atoms with Crippen LogP contribution in [0.2, 0.25) is 0 Å². The summed E-state index contributed by atoms with van der Waals surface area (Å²) in [5.74, 6) is -0.539. The Balaban J connectivity index is 3.22. The molecule has 0 radical (unpaired) electrons. The molecule has 0 heterocycles. The van der Waals surface area contributed by atoms with Gasteiger partial charge in [0.25, 0.3) is 0 Å². The summed E-state index contributed by atoms with van der Waals surface area (Å²) >= 11 is 0. The Morgan fingerprint density at radius 3 is 1.37 bits per heavy atom. The molecule has 0 aromatic carbocycles. The Bertz CT molecular complexity index is 324. The summed E-state index contributed by atoms with van der Waals surface area (Å²) in [6.45, 7) is -0.313. The number of ether oxygens (including phenoxy) is 1. The second kappa shape index (κ2) is 20.1. The molecule has 0 aliphatic carbocycles. The van der Waals surface area contributed by atoms with E-state index in [1.165, 1.54) is 64.2 Å². The minimum absolute atomic E-state index is 0.231. The van der Waals surface area contributed by atoms with Gasteiger partial charge in [-0.3, -0.25) is 4.79 Å². The van der Waals surface area contributed by atoms with Crippen molar-refractivity contribution in [3.8, 4) is 0 Å². The highest BCUT2D eigenvalue weighted by Crippen LogP contribution is 2.14. The highest BCUT2D eigenvalue weighted by molar-refractivity contribution is 5.69. The molecule has 0 aromatic rings. The average molecular weight is 391 g/mol. The SMILES string of the molecule is O=C(CCCCCCCCCCCCCCCCCO)OC(O)C(O)CO. The summed E-state index contributed by atoms with van der Waals surface area (Å²) < 4.78 is 4.62. The van der Waals surface area contributed by atoms with E-state index in [0.717, 1.165) is 32.1 Å². The molecule has 0 saturated carbocycles. The highest BCUT2D eigenvalue weighted by atomic mass is 16.6. The zero-order valence-electron chi connectivity index (χ0n) is 17.0. The molecule has 162 valence electrons. The van der Waals surface area contributed by atoms with E-state index in [2.05, 4.69) is 4.74 Å². The number of rotatable bonds is 20. The third-order valence-corrected chi connectivity index (χ3v) is 4.81. The smallest absolute Gasteiger partial charge is 0.308 e. The maximum absolute atomic E-state index is 11.4. The van der Waals surface area contributed by atoms with Crippen molar-refractivity contribution < 1.29 is 30.0 Å². The van der Waals surface area contributed by atoms with Crippen molar-refractivity contribution in [1.82, 2.24) is 0 Å². The maximum atomic E-state index is 11.4. The highest BCUT2D eigenvalue weighted by Gasteiger charge is 2.19. The van der Waals surface area contributed by atoms with Crippen molar-refractivity contribution in [1.29, 1.82) is 0 Å². The van der Waals surface area contributed by atoms with Crippen LogP contribution >= 0.6 is 0 Å². The number of carbonyl (C=O) groups is 1. The van der Waals surface area contributed by atoms with Crippen molar-refractivity contribution in [3.63, 3.8) is 0 Å². The molecule has 0 bridgehead atoms. The van der Waals surface area contributed by atoms with Gasteiger partial charge in [-0.15, -0.1) is 0 Å². The minimum atomic E-state index is -1.64. The van der Waals surface area contributed by atoms with Crippen LogP contribution in [0.15, 0.2) is 0 Å². The van der Waals surface area contributed by atoms with E-state index in [0.29, 0.717) is 6.61 Å². The topological polar surface area (TPSA) is 107 Å². The van der Waals surface area contributed by atoms with Crippen molar-refractivity contribution >= 4 is 5.97 Å². The lowest BCUT2D eigenvalue weighted by molar-refractivity contribution is -0.190. The summed E-state index contributed by atoms with van der Waals surface area (Å²) in [6.07, 6.45) is 14.9. The number of unbranched alkanes of at least 4 members (excludes halogenated alkanes) is 14. The molecule has 6 nitrogen and oxygen atoms in total. The number of hydrogen-bond donors (Lipinski definition) is 4. The molecule has 2 unspecified atom stereocenters. The van der Waals surface area contributed by atoms with Gasteiger partial charge in [-0.05, 0) is 12.8 Å². The van der Waals surface area contributed by atoms with Gasteiger partial charge in [0.1, 0.15) is 6.10 Å². The fourth-order valence-electron chi connectivity index (χ4n) is 3.04. The maximum Gasteiger partial charge on any atom is 0.308 e. The minimum Gasteiger partial charge on any atom is -0.433 e. The van der Waals surface area contributed by atoms with Crippen molar-refractivity contribution in [2.24, 2.45) is 0 Å². The Hall–Kier alpha value is -0.690. The second-order valence-corrected chi connectivity index (χ2v) is 7.41. The molecule has 0 spiro atoms. The van der Waals surface area contributed by atoms with E-state index in [4.69, 9.17) is 15.3 Å². The van der Waals surface area contributed by atoms with Crippen LogP contribution in [-0.4, -0.2) is 52.0 Å². The zero-order chi connectivity index (χ0) is 20.2. The van der Waals surface area contributed by atoms with Gasteiger partial charge in [0.2, 0.25) is 6.29 Å². The Labute approximate surface area is 164 Å². The third kappa shape index (κ3) is 18.4. The summed E-state index contributed by atoms with van der Waals surface area (Å²) in [5.41, 5.74) is 0. The van der Waals surface area contributed by atoms with Crippen LogP contribution in [0.5, 0.6) is 0 Å². The van der Waals surface area contributed by atoms with Crippen LogP contribution < -0.4 is 0 Å². The van der Waals surface area contributed by atoms with Crippen molar-refractivity contribution in [2.75, 3.05) is 13.2 Å². The van der Waals surface area contributed by atoms with Crippen LogP contribution in [0.25, 0.3) is 0 Å². The molecule has 0 aliphatic heterocycles. The molecule has 0 aliphatic rings. The van der Waals surface area contributed by atoms with Crippen LogP contribution in [-0.2, 0) is 9.53 Å². The standard InChI is InChI=1S/C21H42O6/c22-17-15-13-11-9-7-5-3-1-2-4-6-8-10-12-14-16-20(25)27-21(26)19(24)18-23/h19,21-24,26H,1-18H2. The molecule has 0 amide bonds. The predicted molar refractivity (Wildman–Crippen MR) is 106 cm³/mol. The van der Waals surface area contributed by atoms with E-state index in [-0.39, 0.29) is 6.42 Å².